The number of nitrogens with zero attached hydrogens (tertiary/aromatic N) is 1. The number of rotatable bonds is 8. The van der Waals surface area contributed by atoms with E-state index in [1.807, 2.05) is 38.1 Å². The van der Waals surface area contributed by atoms with Gasteiger partial charge in [-0.05, 0) is 36.1 Å². The van der Waals surface area contributed by atoms with Gasteiger partial charge in [0, 0.05) is 11.8 Å². The Hall–Kier alpha value is -2.54. The van der Waals surface area contributed by atoms with Crippen molar-refractivity contribution in [1.82, 2.24) is 0 Å². The third kappa shape index (κ3) is 5.04. The van der Waals surface area contributed by atoms with Gasteiger partial charge in [-0.1, -0.05) is 45.0 Å². The summed E-state index contributed by atoms with van der Waals surface area (Å²) >= 11 is 0. The fraction of sp³-hybridized carbons (Fsp3) is 0.381. The average Bonchev–Trinajstić information content (AvgIpc) is 2.65. The molecular weight excluding hydrogens is 376 g/mol. The lowest BCUT2D eigenvalue weighted by Crippen LogP contribution is -2.47. The van der Waals surface area contributed by atoms with Gasteiger partial charge in [0.25, 0.3) is 0 Å². The van der Waals surface area contributed by atoms with E-state index < -0.39 is 16.1 Å². The Bertz CT molecular complexity index is 926. The molecule has 0 aliphatic carbocycles. The lowest BCUT2D eigenvalue weighted by Gasteiger charge is -2.30. The van der Waals surface area contributed by atoms with Gasteiger partial charge in [-0.2, -0.15) is 0 Å². The maximum atomic E-state index is 13.1. The van der Waals surface area contributed by atoms with E-state index in [4.69, 9.17) is 4.74 Å². The Labute approximate surface area is 167 Å². The topological polar surface area (TPSA) is 75.7 Å². The van der Waals surface area contributed by atoms with E-state index in [2.05, 4.69) is 5.32 Å². The second kappa shape index (κ2) is 9.10. The van der Waals surface area contributed by atoms with E-state index in [0.717, 1.165) is 16.1 Å². The van der Waals surface area contributed by atoms with Crippen molar-refractivity contribution >= 4 is 27.3 Å². The Morgan fingerprint density at radius 3 is 2.39 bits per heavy atom. The van der Waals surface area contributed by atoms with E-state index in [1.54, 1.807) is 31.2 Å². The van der Waals surface area contributed by atoms with Crippen LogP contribution in [0.5, 0.6) is 5.75 Å². The molecule has 1 atom stereocenters. The second-order valence-electron chi connectivity index (χ2n) is 6.92. The number of sulfonamides is 1. The van der Waals surface area contributed by atoms with Crippen LogP contribution in [-0.4, -0.2) is 33.7 Å². The number of carbonyl (C=O) groups excluding carboxylic acids is 1. The summed E-state index contributed by atoms with van der Waals surface area (Å²) in [5.74, 6) is 0.372. The fourth-order valence-electron chi connectivity index (χ4n) is 3.14. The highest BCUT2D eigenvalue weighted by atomic mass is 32.2. The largest absolute Gasteiger partial charge is 0.497 e. The molecule has 0 bridgehead atoms. The van der Waals surface area contributed by atoms with Gasteiger partial charge in [0.1, 0.15) is 11.8 Å². The molecule has 1 N–H and O–H groups in total. The third-order valence-electron chi connectivity index (χ3n) is 4.48. The summed E-state index contributed by atoms with van der Waals surface area (Å²) in [6, 6.07) is 13.4. The van der Waals surface area contributed by atoms with Gasteiger partial charge in [-0.25, -0.2) is 8.42 Å². The Balaban J connectivity index is 2.43. The summed E-state index contributed by atoms with van der Waals surface area (Å²) in [5.41, 5.74) is 2.08. The van der Waals surface area contributed by atoms with Crippen molar-refractivity contribution in [3.63, 3.8) is 0 Å². The van der Waals surface area contributed by atoms with Crippen molar-refractivity contribution in [3.05, 3.63) is 54.1 Å². The van der Waals surface area contributed by atoms with Crippen LogP contribution in [0.1, 0.15) is 38.7 Å². The van der Waals surface area contributed by atoms with Crippen LogP contribution in [-0.2, 0) is 14.8 Å². The summed E-state index contributed by atoms with van der Waals surface area (Å²) in [7, 11) is -2.19. The lowest BCUT2D eigenvalue weighted by molar-refractivity contribution is -0.117. The summed E-state index contributed by atoms with van der Waals surface area (Å²) < 4.78 is 31.5. The number of carbonyl (C=O) groups is 1. The summed E-state index contributed by atoms with van der Waals surface area (Å²) in [5, 5.41) is 2.92. The molecule has 6 nitrogen and oxygen atoms in total. The van der Waals surface area contributed by atoms with Gasteiger partial charge in [-0.3, -0.25) is 9.10 Å². The highest BCUT2D eigenvalue weighted by molar-refractivity contribution is 7.92. The normalized spacial score (nSPS) is 12.5. The molecule has 0 aliphatic rings. The molecule has 0 heterocycles. The number of anilines is 2. The number of nitrogens with one attached hydrogen (secondary N) is 1. The molecule has 2 aromatic rings. The van der Waals surface area contributed by atoms with Gasteiger partial charge >= 0.3 is 0 Å². The van der Waals surface area contributed by atoms with Crippen molar-refractivity contribution in [2.75, 3.05) is 23.0 Å². The summed E-state index contributed by atoms with van der Waals surface area (Å²) in [4.78, 5) is 13.1. The zero-order valence-corrected chi connectivity index (χ0v) is 17.8. The molecule has 0 radical (unpaired) electrons. The Kier molecular flexibility index (Phi) is 7.07. The first kappa shape index (κ1) is 21.8. The van der Waals surface area contributed by atoms with E-state index in [-0.39, 0.29) is 11.8 Å². The minimum Gasteiger partial charge on any atom is -0.497 e. The molecule has 0 saturated carbocycles. The number of benzene rings is 2. The molecule has 7 heteroatoms. The predicted molar refractivity (Wildman–Crippen MR) is 114 cm³/mol. The molecule has 0 aromatic heterocycles. The number of para-hydroxylation sites is 1. The number of methoxy groups -OCH3 is 1. The Morgan fingerprint density at radius 2 is 1.82 bits per heavy atom. The van der Waals surface area contributed by atoms with Gasteiger partial charge in [0.05, 0.1) is 19.1 Å². The van der Waals surface area contributed by atoms with Crippen LogP contribution in [0.2, 0.25) is 0 Å². The molecule has 28 heavy (non-hydrogen) atoms. The van der Waals surface area contributed by atoms with Crippen molar-refractivity contribution < 1.29 is 17.9 Å². The van der Waals surface area contributed by atoms with Crippen LogP contribution in [0.15, 0.2) is 48.5 Å². The molecule has 2 rings (SSSR count). The van der Waals surface area contributed by atoms with Crippen LogP contribution < -0.4 is 14.4 Å². The number of amides is 1. The molecule has 0 fully saturated rings. The van der Waals surface area contributed by atoms with Crippen LogP contribution in [0, 0.1) is 0 Å². The van der Waals surface area contributed by atoms with Gasteiger partial charge in [-0.15, -0.1) is 0 Å². The number of hydrogen-bond donors (Lipinski definition) is 1. The lowest BCUT2D eigenvalue weighted by atomic mass is 10.0. The number of ether oxygens (including phenoxy) is 1. The smallest absolute Gasteiger partial charge is 0.248 e. The molecule has 0 saturated heterocycles. The minimum atomic E-state index is -3.70. The van der Waals surface area contributed by atoms with E-state index in [0.29, 0.717) is 23.5 Å². The van der Waals surface area contributed by atoms with E-state index >= 15 is 0 Å². The SMILES string of the molecule is CC[C@@H](C(=O)Nc1ccccc1C(C)C)N(c1cccc(OC)c1)S(C)(=O)=O. The summed E-state index contributed by atoms with van der Waals surface area (Å²) in [6.07, 6.45) is 1.42. The Morgan fingerprint density at radius 1 is 1.14 bits per heavy atom. The average molecular weight is 405 g/mol. The molecule has 0 unspecified atom stereocenters. The van der Waals surface area contributed by atoms with Crippen LogP contribution in [0.3, 0.4) is 0 Å². The van der Waals surface area contributed by atoms with Crippen molar-refractivity contribution in [3.8, 4) is 5.75 Å². The molecule has 152 valence electrons. The second-order valence-corrected chi connectivity index (χ2v) is 8.77. The van der Waals surface area contributed by atoms with Crippen molar-refractivity contribution in [2.45, 2.75) is 39.2 Å². The first-order chi connectivity index (χ1) is 13.2. The zero-order chi connectivity index (χ0) is 20.9. The molecular formula is C21H28N2O4S. The van der Waals surface area contributed by atoms with Crippen molar-refractivity contribution in [2.24, 2.45) is 0 Å². The monoisotopic (exact) mass is 404 g/mol. The molecule has 0 spiro atoms. The van der Waals surface area contributed by atoms with Crippen LogP contribution in [0.4, 0.5) is 11.4 Å². The highest BCUT2D eigenvalue weighted by Gasteiger charge is 2.32. The predicted octanol–water partition coefficient (Wildman–Crippen LogP) is 4.00. The van der Waals surface area contributed by atoms with Gasteiger partial charge in [0.2, 0.25) is 15.9 Å². The standard InChI is InChI=1S/C21H28N2O4S/c1-6-20(21(24)22-19-13-8-7-12-18(19)15(2)3)23(28(5,25)26)16-10-9-11-17(14-16)27-4/h7-15,20H,6H2,1-5H3,(H,22,24)/t20-/m0/s1. The highest BCUT2D eigenvalue weighted by Crippen LogP contribution is 2.28. The third-order valence-corrected chi connectivity index (χ3v) is 5.66. The van der Waals surface area contributed by atoms with Crippen LogP contribution in [0.25, 0.3) is 0 Å². The van der Waals surface area contributed by atoms with Crippen molar-refractivity contribution in [1.29, 1.82) is 0 Å². The van der Waals surface area contributed by atoms with Crippen LogP contribution >= 0.6 is 0 Å². The van der Waals surface area contributed by atoms with Gasteiger partial charge in [0.15, 0.2) is 0 Å². The molecule has 0 aliphatic heterocycles. The minimum absolute atomic E-state index is 0.223. The summed E-state index contributed by atoms with van der Waals surface area (Å²) in [6.45, 7) is 5.87. The van der Waals surface area contributed by atoms with Gasteiger partial charge < -0.3 is 10.1 Å². The maximum absolute atomic E-state index is 13.1. The zero-order valence-electron chi connectivity index (χ0n) is 17.0. The maximum Gasteiger partial charge on any atom is 0.248 e. The molecule has 1 amide bonds. The number of hydrogen-bond acceptors (Lipinski definition) is 4. The molecule has 2 aromatic carbocycles. The van der Waals surface area contributed by atoms with E-state index in [9.17, 15) is 13.2 Å². The quantitative estimate of drug-likeness (QED) is 0.721. The van der Waals surface area contributed by atoms with E-state index in [1.165, 1.54) is 7.11 Å². The fourth-order valence-corrected chi connectivity index (χ4v) is 4.34. The first-order valence-corrected chi connectivity index (χ1v) is 11.1. The first-order valence-electron chi connectivity index (χ1n) is 9.22.